The van der Waals surface area contributed by atoms with Gasteiger partial charge in [-0.1, -0.05) is 40.2 Å². The number of aromatic nitrogens is 1. The molecule has 1 aromatic carbocycles. The third kappa shape index (κ3) is 1.95. The smallest absolute Gasteiger partial charge is 0.125 e. The Morgan fingerprint density at radius 3 is 2.53 bits per heavy atom. The molecule has 1 aromatic heterocycles. The van der Waals surface area contributed by atoms with Crippen molar-refractivity contribution in [3.05, 3.63) is 47.8 Å². The number of nitrogens with zero attached hydrogens (tertiary/aromatic N) is 1. The molecule has 0 aliphatic rings. The van der Waals surface area contributed by atoms with Crippen LogP contribution in [0, 0.1) is 11.3 Å². The van der Waals surface area contributed by atoms with Crippen molar-refractivity contribution in [2.75, 3.05) is 0 Å². The van der Waals surface area contributed by atoms with Crippen molar-refractivity contribution >= 4 is 15.9 Å². The lowest BCUT2D eigenvalue weighted by atomic mass is 10.1. The molecule has 0 radical (unpaired) electrons. The molecule has 15 heavy (non-hydrogen) atoms. The maximum Gasteiger partial charge on any atom is 0.125 e. The number of hydrogen-bond donors (Lipinski definition) is 1. The second-order valence-corrected chi connectivity index (χ2v) is 3.77. The molecule has 0 aliphatic carbocycles. The lowest BCUT2D eigenvalue weighted by molar-refractivity contribution is 1.33. The molecule has 74 valence electrons. The molecule has 2 nitrogen and oxygen atoms in total. The highest BCUT2D eigenvalue weighted by Gasteiger charge is 2.04. The average molecular weight is 261 g/mol. The lowest BCUT2D eigenvalue weighted by Gasteiger charge is -2.00. The van der Waals surface area contributed by atoms with E-state index >= 15 is 0 Å². The number of aromatic amines is 1. The topological polar surface area (TPSA) is 39.6 Å². The maximum atomic E-state index is 8.88. The first-order chi connectivity index (χ1) is 7.35. The van der Waals surface area contributed by atoms with E-state index in [1.807, 2.05) is 18.2 Å². The quantitative estimate of drug-likeness (QED) is 0.826. The van der Waals surface area contributed by atoms with Crippen LogP contribution in [0.3, 0.4) is 0 Å². The molecule has 0 atom stereocenters. The molecule has 0 aliphatic heterocycles. The summed E-state index contributed by atoms with van der Waals surface area (Å²) in [4.78, 5) is 2.91. The van der Waals surface area contributed by atoms with Crippen LogP contribution in [-0.2, 0) is 5.33 Å². The number of hydrogen-bond acceptors (Lipinski definition) is 1. The number of rotatable bonds is 2. The van der Waals surface area contributed by atoms with Gasteiger partial charge >= 0.3 is 0 Å². The van der Waals surface area contributed by atoms with E-state index in [-0.39, 0.29) is 0 Å². The van der Waals surface area contributed by atoms with Crippen molar-refractivity contribution in [3.63, 3.8) is 0 Å². The van der Waals surface area contributed by atoms with Gasteiger partial charge in [-0.25, -0.2) is 0 Å². The Balaban J connectivity index is 2.42. The predicted octanol–water partition coefficient (Wildman–Crippen LogP) is 3.45. The van der Waals surface area contributed by atoms with Crippen LogP contribution in [0.25, 0.3) is 11.1 Å². The van der Waals surface area contributed by atoms with E-state index < -0.39 is 0 Å². The van der Waals surface area contributed by atoms with Crippen LogP contribution in [0.1, 0.15) is 11.3 Å². The fourth-order valence-corrected chi connectivity index (χ4v) is 1.85. The predicted molar refractivity (Wildman–Crippen MR) is 63.6 cm³/mol. The van der Waals surface area contributed by atoms with Gasteiger partial charge in [0, 0.05) is 17.1 Å². The second kappa shape index (κ2) is 4.33. The van der Waals surface area contributed by atoms with Crippen LogP contribution in [-0.4, -0.2) is 4.98 Å². The first-order valence-electron chi connectivity index (χ1n) is 4.58. The Kier molecular flexibility index (Phi) is 2.89. The van der Waals surface area contributed by atoms with E-state index in [2.05, 4.69) is 39.1 Å². The minimum Gasteiger partial charge on any atom is -0.353 e. The van der Waals surface area contributed by atoms with Crippen LogP contribution in [0.4, 0.5) is 0 Å². The zero-order valence-corrected chi connectivity index (χ0v) is 9.58. The largest absolute Gasteiger partial charge is 0.353 e. The third-order valence-corrected chi connectivity index (χ3v) is 2.93. The molecular formula is C12H9BrN2. The molecule has 3 heteroatoms. The molecule has 2 aromatic rings. The standard InChI is InChI=1S/C12H9BrN2/c13-7-9-1-3-10(4-2-9)11-5-6-15-12(11)8-14/h1-6,15H,7H2. The number of benzene rings is 1. The Morgan fingerprint density at radius 1 is 1.20 bits per heavy atom. The van der Waals surface area contributed by atoms with Gasteiger partial charge in [-0.2, -0.15) is 5.26 Å². The number of halogens is 1. The van der Waals surface area contributed by atoms with Crippen molar-refractivity contribution in [2.45, 2.75) is 5.33 Å². The maximum absolute atomic E-state index is 8.88. The van der Waals surface area contributed by atoms with Crippen LogP contribution >= 0.6 is 15.9 Å². The van der Waals surface area contributed by atoms with Gasteiger partial charge in [0.25, 0.3) is 0 Å². The highest BCUT2D eigenvalue weighted by Crippen LogP contribution is 2.23. The zero-order valence-electron chi connectivity index (χ0n) is 8.00. The molecule has 1 N–H and O–H groups in total. The van der Waals surface area contributed by atoms with Gasteiger partial charge in [-0.15, -0.1) is 0 Å². The summed E-state index contributed by atoms with van der Waals surface area (Å²) >= 11 is 3.40. The van der Waals surface area contributed by atoms with Crippen LogP contribution < -0.4 is 0 Å². The SMILES string of the molecule is N#Cc1[nH]ccc1-c1ccc(CBr)cc1. The Morgan fingerprint density at radius 2 is 1.93 bits per heavy atom. The molecule has 2 rings (SSSR count). The van der Waals surface area contributed by atoms with Gasteiger partial charge in [-0.05, 0) is 17.2 Å². The van der Waals surface area contributed by atoms with Crippen molar-refractivity contribution < 1.29 is 0 Å². The number of H-pyrrole nitrogens is 1. The molecule has 0 saturated carbocycles. The summed E-state index contributed by atoms with van der Waals surface area (Å²) < 4.78 is 0. The molecule has 0 fully saturated rings. The Hall–Kier alpha value is -1.53. The Bertz CT molecular complexity index is 491. The van der Waals surface area contributed by atoms with Gasteiger partial charge in [-0.3, -0.25) is 0 Å². The van der Waals surface area contributed by atoms with E-state index in [0.717, 1.165) is 16.5 Å². The average Bonchev–Trinajstić information content (AvgIpc) is 2.77. The lowest BCUT2D eigenvalue weighted by Crippen LogP contribution is -1.81. The van der Waals surface area contributed by atoms with E-state index in [4.69, 9.17) is 5.26 Å². The summed E-state index contributed by atoms with van der Waals surface area (Å²) in [5.41, 5.74) is 3.87. The number of alkyl halides is 1. The Labute approximate surface area is 96.7 Å². The summed E-state index contributed by atoms with van der Waals surface area (Å²) in [6, 6.07) is 12.2. The molecular weight excluding hydrogens is 252 g/mol. The van der Waals surface area contributed by atoms with Crippen molar-refractivity contribution in [3.8, 4) is 17.2 Å². The van der Waals surface area contributed by atoms with Crippen LogP contribution in [0.15, 0.2) is 36.5 Å². The molecule has 0 saturated heterocycles. The summed E-state index contributed by atoms with van der Waals surface area (Å²) in [6.45, 7) is 0. The van der Waals surface area contributed by atoms with Crippen LogP contribution in [0.5, 0.6) is 0 Å². The number of nitrogens with one attached hydrogen (secondary N) is 1. The highest BCUT2D eigenvalue weighted by molar-refractivity contribution is 9.08. The van der Waals surface area contributed by atoms with Crippen molar-refractivity contribution in [1.82, 2.24) is 4.98 Å². The van der Waals surface area contributed by atoms with E-state index in [0.29, 0.717) is 5.69 Å². The normalized spacial score (nSPS) is 9.87. The highest BCUT2D eigenvalue weighted by atomic mass is 79.9. The van der Waals surface area contributed by atoms with Crippen LogP contribution in [0.2, 0.25) is 0 Å². The van der Waals surface area contributed by atoms with Gasteiger partial charge in [0.1, 0.15) is 11.8 Å². The van der Waals surface area contributed by atoms with E-state index in [1.54, 1.807) is 6.20 Å². The first-order valence-corrected chi connectivity index (χ1v) is 5.70. The third-order valence-electron chi connectivity index (χ3n) is 2.28. The van der Waals surface area contributed by atoms with Gasteiger partial charge < -0.3 is 4.98 Å². The zero-order chi connectivity index (χ0) is 10.7. The van der Waals surface area contributed by atoms with E-state index in [9.17, 15) is 0 Å². The van der Waals surface area contributed by atoms with Gasteiger partial charge in [0.2, 0.25) is 0 Å². The van der Waals surface area contributed by atoms with Gasteiger partial charge in [0.05, 0.1) is 0 Å². The minimum absolute atomic E-state index is 0.613. The summed E-state index contributed by atoms with van der Waals surface area (Å²) in [7, 11) is 0. The van der Waals surface area contributed by atoms with Crippen molar-refractivity contribution in [2.24, 2.45) is 0 Å². The molecule has 0 amide bonds. The fraction of sp³-hybridized carbons (Fsp3) is 0.0833. The summed E-state index contributed by atoms with van der Waals surface area (Å²) in [6.07, 6.45) is 1.78. The van der Waals surface area contributed by atoms with Crippen molar-refractivity contribution in [1.29, 1.82) is 5.26 Å². The molecule has 0 spiro atoms. The summed E-state index contributed by atoms with van der Waals surface area (Å²) in [5.74, 6) is 0. The molecule has 0 unspecified atom stereocenters. The number of nitriles is 1. The second-order valence-electron chi connectivity index (χ2n) is 3.21. The fourth-order valence-electron chi connectivity index (χ4n) is 1.48. The molecule has 0 bridgehead atoms. The monoisotopic (exact) mass is 260 g/mol. The minimum atomic E-state index is 0.613. The van der Waals surface area contributed by atoms with Gasteiger partial charge in [0.15, 0.2) is 0 Å². The summed E-state index contributed by atoms with van der Waals surface area (Å²) in [5, 5.41) is 9.73. The molecule has 1 heterocycles. The first kappa shape index (κ1) is 10.0. The van der Waals surface area contributed by atoms with E-state index in [1.165, 1.54) is 5.56 Å².